The smallest absolute Gasteiger partial charge is 0.224 e. The Kier molecular flexibility index (Phi) is 4.18. The van der Waals surface area contributed by atoms with E-state index in [2.05, 4.69) is 34.7 Å². The third kappa shape index (κ3) is 3.50. The highest BCUT2D eigenvalue weighted by atomic mass is 16.1. The van der Waals surface area contributed by atoms with Gasteiger partial charge >= 0.3 is 0 Å². The normalized spacial score (nSPS) is 14.3. The zero-order valence-electron chi connectivity index (χ0n) is 13.0. The van der Waals surface area contributed by atoms with Crippen LogP contribution in [0.25, 0.3) is 11.4 Å². The van der Waals surface area contributed by atoms with Gasteiger partial charge in [-0.25, -0.2) is 4.68 Å². The van der Waals surface area contributed by atoms with Gasteiger partial charge in [-0.1, -0.05) is 13.8 Å². The summed E-state index contributed by atoms with van der Waals surface area (Å²) in [6, 6.07) is 8.13. The molecule has 2 aromatic rings. The summed E-state index contributed by atoms with van der Waals surface area (Å²) in [7, 11) is 0. The van der Waals surface area contributed by atoms with Gasteiger partial charge in [-0.05, 0) is 59.9 Å². The number of benzene rings is 1. The van der Waals surface area contributed by atoms with Crippen LogP contribution in [-0.4, -0.2) is 26.1 Å². The number of nitrogens with zero attached hydrogens (tertiary/aromatic N) is 4. The number of carbonyl (C=O) groups excluding carboxylic acids is 1. The van der Waals surface area contributed by atoms with E-state index in [4.69, 9.17) is 0 Å². The van der Waals surface area contributed by atoms with Crippen molar-refractivity contribution >= 4 is 11.6 Å². The Hall–Kier alpha value is -2.24. The fourth-order valence-corrected chi connectivity index (χ4v) is 2.29. The molecule has 1 aromatic heterocycles. The van der Waals surface area contributed by atoms with Crippen molar-refractivity contribution in [3.05, 3.63) is 24.3 Å². The Bertz CT molecular complexity index is 643. The summed E-state index contributed by atoms with van der Waals surface area (Å²) in [6.07, 6.45) is 3.74. The van der Waals surface area contributed by atoms with Crippen LogP contribution < -0.4 is 5.32 Å². The van der Waals surface area contributed by atoms with Gasteiger partial charge in [0.25, 0.3) is 0 Å². The number of rotatable bonds is 6. The Morgan fingerprint density at radius 3 is 2.68 bits per heavy atom. The zero-order chi connectivity index (χ0) is 15.5. The first-order valence-corrected chi connectivity index (χ1v) is 7.81. The second kappa shape index (κ2) is 6.25. The van der Waals surface area contributed by atoms with E-state index in [9.17, 15) is 4.79 Å². The summed E-state index contributed by atoms with van der Waals surface area (Å²) in [5.74, 6) is 1.39. The maximum Gasteiger partial charge on any atom is 0.224 e. The molecule has 1 aliphatic rings. The van der Waals surface area contributed by atoms with E-state index in [1.165, 1.54) is 0 Å². The highest BCUT2D eigenvalue weighted by Gasteiger charge is 2.28. The SMILES string of the molecule is CC(C)CCC(=O)Nc1ccc(-c2nnnn2C2CC2)cc1. The molecule has 1 aromatic carbocycles. The Labute approximate surface area is 129 Å². The predicted octanol–water partition coefficient (Wildman–Crippen LogP) is 3.05. The molecule has 0 radical (unpaired) electrons. The lowest BCUT2D eigenvalue weighted by molar-refractivity contribution is -0.116. The molecule has 0 aliphatic heterocycles. The van der Waals surface area contributed by atoms with Crippen LogP contribution in [0.1, 0.15) is 45.6 Å². The molecule has 6 nitrogen and oxygen atoms in total. The van der Waals surface area contributed by atoms with Crippen molar-refractivity contribution in [1.29, 1.82) is 0 Å². The minimum Gasteiger partial charge on any atom is -0.326 e. The average Bonchev–Trinajstić information content (AvgIpc) is 3.23. The van der Waals surface area contributed by atoms with Crippen LogP contribution in [0.5, 0.6) is 0 Å². The second-order valence-corrected chi connectivity index (χ2v) is 6.24. The summed E-state index contributed by atoms with van der Waals surface area (Å²) in [6.45, 7) is 4.23. The molecule has 116 valence electrons. The molecule has 1 fully saturated rings. The second-order valence-electron chi connectivity index (χ2n) is 6.24. The topological polar surface area (TPSA) is 72.7 Å². The van der Waals surface area contributed by atoms with Crippen molar-refractivity contribution < 1.29 is 4.79 Å². The first-order valence-electron chi connectivity index (χ1n) is 7.81. The van der Waals surface area contributed by atoms with Crippen LogP contribution in [0.15, 0.2) is 24.3 Å². The molecule has 0 bridgehead atoms. The standard InChI is InChI=1S/C16H21N5O/c1-11(2)3-10-15(22)17-13-6-4-12(5-7-13)16-18-19-20-21(16)14-8-9-14/h4-7,11,14H,3,8-10H2,1-2H3,(H,17,22). The van der Waals surface area contributed by atoms with Gasteiger partial charge in [0, 0.05) is 17.7 Å². The van der Waals surface area contributed by atoms with Gasteiger partial charge in [0.2, 0.25) is 5.91 Å². The van der Waals surface area contributed by atoms with Crippen molar-refractivity contribution in [3.63, 3.8) is 0 Å². The molecule has 0 spiro atoms. The lowest BCUT2D eigenvalue weighted by atomic mass is 10.1. The van der Waals surface area contributed by atoms with Crippen molar-refractivity contribution in [2.75, 3.05) is 5.32 Å². The quantitative estimate of drug-likeness (QED) is 0.889. The third-order valence-corrected chi connectivity index (χ3v) is 3.76. The van der Waals surface area contributed by atoms with E-state index in [-0.39, 0.29) is 5.91 Å². The highest BCUT2D eigenvalue weighted by Crippen LogP contribution is 2.36. The number of aromatic nitrogens is 4. The molecule has 1 heterocycles. The Morgan fingerprint density at radius 1 is 1.32 bits per heavy atom. The van der Waals surface area contributed by atoms with E-state index >= 15 is 0 Å². The van der Waals surface area contributed by atoms with Crippen molar-refractivity contribution in [2.45, 2.75) is 45.6 Å². The van der Waals surface area contributed by atoms with E-state index in [0.29, 0.717) is 18.4 Å². The number of tetrazole rings is 1. The van der Waals surface area contributed by atoms with Gasteiger partial charge in [-0.2, -0.15) is 0 Å². The van der Waals surface area contributed by atoms with Gasteiger partial charge in [0.15, 0.2) is 5.82 Å². The molecule has 22 heavy (non-hydrogen) atoms. The monoisotopic (exact) mass is 299 g/mol. The Morgan fingerprint density at radius 2 is 2.05 bits per heavy atom. The first kappa shape index (κ1) is 14.7. The van der Waals surface area contributed by atoms with Gasteiger partial charge < -0.3 is 5.32 Å². The number of anilines is 1. The Balaban J connectivity index is 1.65. The van der Waals surface area contributed by atoms with Crippen molar-refractivity contribution in [2.24, 2.45) is 5.92 Å². The zero-order valence-corrected chi connectivity index (χ0v) is 13.0. The lowest BCUT2D eigenvalue weighted by Gasteiger charge is -2.08. The van der Waals surface area contributed by atoms with Gasteiger partial charge in [0.05, 0.1) is 6.04 Å². The molecule has 0 saturated heterocycles. The number of hydrogen-bond donors (Lipinski definition) is 1. The fourth-order valence-electron chi connectivity index (χ4n) is 2.29. The third-order valence-electron chi connectivity index (χ3n) is 3.76. The summed E-state index contributed by atoms with van der Waals surface area (Å²) < 4.78 is 1.89. The minimum absolute atomic E-state index is 0.0595. The van der Waals surface area contributed by atoms with E-state index in [1.807, 2.05) is 28.9 Å². The molecule has 1 amide bonds. The average molecular weight is 299 g/mol. The maximum atomic E-state index is 11.8. The molecule has 0 unspecified atom stereocenters. The van der Waals surface area contributed by atoms with Gasteiger partial charge in [-0.3, -0.25) is 4.79 Å². The number of carbonyl (C=O) groups is 1. The molecule has 3 rings (SSSR count). The van der Waals surface area contributed by atoms with E-state index < -0.39 is 0 Å². The van der Waals surface area contributed by atoms with E-state index in [1.54, 1.807) is 0 Å². The minimum atomic E-state index is 0.0595. The number of nitrogens with one attached hydrogen (secondary N) is 1. The van der Waals surface area contributed by atoms with Crippen LogP contribution in [0, 0.1) is 5.92 Å². The van der Waals surface area contributed by atoms with Crippen LogP contribution in [0.2, 0.25) is 0 Å². The largest absolute Gasteiger partial charge is 0.326 e. The van der Waals surface area contributed by atoms with Crippen LogP contribution in [0.3, 0.4) is 0 Å². The van der Waals surface area contributed by atoms with Crippen LogP contribution >= 0.6 is 0 Å². The summed E-state index contributed by atoms with van der Waals surface area (Å²) in [5, 5.41) is 14.8. The van der Waals surface area contributed by atoms with Crippen LogP contribution in [0.4, 0.5) is 5.69 Å². The molecular formula is C16H21N5O. The number of hydrogen-bond acceptors (Lipinski definition) is 4. The molecule has 6 heteroatoms. The first-order chi connectivity index (χ1) is 10.6. The van der Waals surface area contributed by atoms with Crippen molar-refractivity contribution in [1.82, 2.24) is 20.2 Å². The fraction of sp³-hybridized carbons (Fsp3) is 0.500. The maximum absolute atomic E-state index is 11.8. The van der Waals surface area contributed by atoms with Crippen molar-refractivity contribution in [3.8, 4) is 11.4 Å². The number of amides is 1. The summed E-state index contributed by atoms with van der Waals surface area (Å²) in [5.41, 5.74) is 1.78. The molecule has 0 atom stereocenters. The van der Waals surface area contributed by atoms with Gasteiger partial charge in [-0.15, -0.1) is 5.10 Å². The van der Waals surface area contributed by atoms with Gasteiger partial charge in [0.1, 0.15) is 0 Å². The summed E-state index contributed by atoms with van der Waals surface area (Å²) >= 11 is 0. The van der Waals surface area contributed by atoms with E-state index in [0.717, 1.165) is 36.3 Å². The van der Waals surface area contributed by atoms with Crippen LogP contribution in [-0.2, 0) is 4.79 Å². The highest BCUT2D eigenvalue weighted by molar-refractivity contribution is 5.90. The lowest BCUT2D eigenvalue weighted by Crippen LogP contribution is -2.12. The molecular weight excluding hydrogens is 278 g/mol. The molecule has 1 aliphatic carbocycles. The molecule has 1 N–H and O–H groups in total. The molecule has 1 saturated carbocycles. The predicted molar refractivity (Wildman–Crippen MR) is 84.2 cm³/mol. The summed E-state index contributed by atoms with van der Waals surface area (Å²) in [4.78, 5) is 11.8.